The molecule has 0 fully saturated rings. The van der Waals surface area contributed by atoms with Gasteiger partial charge in [0.2, 0.25) is 10.0 Å². The van der Waals surface area contributed by atoms with Crippen LogP contribution in [0, 0.1) is 0 Å². The van der Waals surface area contributed by atoms with E-state index in [2.05, 4.69) is 10.3 Å². The summed E-state index contributed by atoms with van der Waals surface area (Å²) in [6.07, 6.45) is -1.50. The number of nitrogens with one attached hydrogen (secondary N) is 2. The third kappa shape index (κ3) is 4.42. The predicted molar refractivity (Wildman–Crippen MR) is 97.9 cm³/mol. The zero-order valence-corrected chi connectivity index (χ0v) is 15.0. The first-order chi connectivity index (χ1) is 12.7. The predicted octanol–water partition coefficient (Wildman–Crippen LogP) is 3.88. The Labute approximate surface area is 154 Å². The second-order valence-electron chi connectivity index (χ2n) is 6.14. The molecule has 144 valence electrons. The van der Waals surface area contributed by atoms with Crippen LogP contribution in [0.25, 0.3) is 10.9 Å². The molecule has 1 heterocycles. The Morgan fingerprint density at radius 1 is 1.11 bits per heavy atom. The lowest BCUT2D eigenvalue weighted by molar-refractivity contribution is -0.137. The first kappa shape index (κ1) is 19.2. The number of nitrogens with two attached hydrogens (primary N) is 1. The second kappa shape index (κ2) is 7.24. The van der Waals surface area contributed by atoms with E-state index in [-0.39, 0.29) is 5.69 Å². The van der Waals surface area contributed by atoms with E-state index in [9.17, 15) is 21.6 Å². The zero-order chi connectivity index (χ0) is 19.7. The van der Waals surface area contributed by atoms with Crippen LogP contribution in [-0.4, -0.2) is 19.9 Å². The molecule has 0 aliphatic heterocycles. The van der Waals surface area contributed by atoms with Crippen LogP contribution in [0.3, 0.4) is 0 Å². The van der Waals surface area contributed by atoms with Gasteiger partial charge in [-0.2, -0.15) is 13.2 Å². The molecule has 0 aliphatic rings. The third-order valence-corrected chi connectivity index (χ3v) is 5.15. The summed E-state index contributed by atoms with van der Waals surface area (Å²) in [5.41, 5.74) is 0.876. The van der Waals surface area contributed by atoms with E-state index >= 15 is 0 Å². The number of hydrogen-bond donors (Lipinski definition) is 3. The van der Waals surface area contributed by atoms with E-state index in [1.165, 1.54) is 0 Å². The fraction of sp³-hybridized carbons (Fsp3) is 0.222. The summed E-state index contributed by atoms with van der Waals surface area (Å²) in [5, 5.41) is 8.75. The molecule has 0 spiro atoms. The van der Waals surface area contributed by atoms with E-state index in [0.29, 0.717) is 25.5 Å². The quantitative estimate of drug-likeness (QED) is 0.552. The van der Waals surface area contributed by atoms with Gasteiger partial charge in [-0.3, -0.25) is 0 Å². The smallest absolute Gasteiger partial charge is 0.385 e. The van der Waals surface area contributed by atoms with Crippen molar-refractivity contribution in [3.05, 3.63) is 59.8 Å². The van der Waals surface area contributed by atoms with Crippen LogP contribution < -0.4 is 10.5 Å². The molecule has 9 heteroatoms. The Balaban J connectivity index is 1.70. The number of fused-ring (bicyclic) bond motifs is 1. The standard InChI is InChI=1S/C18H18F3N3O2S/c19-18(20,21)15-10-13(27(22,25)26)7-8-17(15)23-9-3-4-12-11-24-16-6-2-1-5-14(12)16/h1-2,5-8,10-11,23-24H,3-4,9H2,(H2,22,25,26). The number of aromatic amines is 1. The minimum atomic E-state index is -4.69. The van der Waals surface area contributed by atoms with Gasteiger partial charge in [0, 0.05) is 29.3 Å². The van der Waals surface area contributed by atoms with Crippen molar-refractivity contribution in [2.24, 2.45) is 5.14 Å². The minimum absolute atomic E-state index is 0.172. The average Bonchev–Trinajstić information content (AvgIpc) is 3.00. The van der Waals surface area contributed by atoms with Gasteiger partial charge in [0.1, 0.15) is 0 Å². The van der Waals surface area contributed by atoms with Crippen molar-refractivity contribution in [2.75, 3.05) is 11.9 Å². The van der Waals surface area contributed by atoms with Crippen molar-refractivity contribution in [3.8, 4) is 0 Å². The molecule has 5 nitrogen and oxygen atoms in total. The molecule has 0 bridgehead atoms. The number of hydrogen-bond acceptors (Lipinski definition) is 3. The molecule has 3 rings (SSSR count). The first-order valence-electron chi connectivity index (χ1n) is 8.19. The number of H-pyrrole nitrogens is 1. The van der Waals surface area contributed by atoms with Gasteiger partial charge < -0.3 is 10.3 Å². The monoisotopic (exact) mass is 397 g/mol. The Hall–Kier alpha value is -2.52. The summed E-state index contributed by atoms with van der Waals surface area (Å²) < 4.78 is 62.3. The second-order valence-corrected chi connectivity index (χ2v) is 7.70. The van der Waals surface area contributed by atoms with Crippen LogP contribution >= 0.6 is 0 Å². The Morgan fingerprint density at radius 3 is 2.56 bits per heavy atom. The number of primary sulfonamides is 1. The molecule has 0 saturated heterocycles. The first-order valence-corrected chi connectivity index (χ1v) is 9.74. The maximum Gasteiger partial charge on any atom is 0.418 e. The highest BCUT2D eigenvalue weighted by Gasteiger charge is 2.34. The number of aromatic nitrogens is 1. The maximum atomic E-state index is 13.2. The molecule has 3 aromatic rings. The summed E-state index contributed by atoms with van der Waals surface area (Å²) >= 11 is 0. The zero-order valence-electron chi connectivity index (χ0n) is 14.2. The van der Waals surface area contributed by atoms with Crippen LogP contribution in [0.4, 0.5) is 18.9 Å². The van der Waals surface area contributed by atoms with Crippen molar-refractivity contribution in [1.29, 1.82) is 0 Å². The van der Waals surface area contributed by atoms with E-state index in [0.717, 1.165) is 28.6 Å². The van der Waals surface area contributed by atoms with E-state index in [4.69, 9.17) is 5.14 Å². The molecular formula is C18H18F3N3O2S. The highest BCUT2D eigenvalue weighted by Crippen LogP contribution is 2.36. The van der Waals surface area contributed by atoms with Crippen LogP contribution in [0.5, 0.6) is 0 Å². The minimum Gasteiger partial charge on any atom is -0.385 e. The van der Waals surface area contributed by atoms with Crippen LogP contribution in [0.1, 0.15) is 17.5 Å². The molecule has 1 aromatic heterocycles. The van der Waals surface area contributed by atoms with Crippen molar-refractivity contribution in [1.82, 2.24) is 4.98 Å². The molecular weight excluding hydrogens is 379 g/mol. The molecule has 0 radical (unpaired) electrons. The molecule has 0 aliphatic carbocycles. The average molecular weight is 397 g/mol. The molecule has 0 saturated carbocycles. The maximum absolute atomic E-state index is 13.2. The summed E-state index contributed by atoms with van der Waals surface area (Å²) in [7, 11) is -4.21. The van der Waals surface area contributed by atoms with Crippen molar-refractivity contribution < 1.29 is 21.6 Å². The molecule has 4 N–H and O–H groups in total. The molecule has 27 heavy (non-hydrogen) atoms. The summed E-state index contributed by atoms with van der Waals surface area (Å²) in [6.45, 7) is 0.303. The lowest BCUT2D eigenvalue weighted by atomic mass is 10.1. The number of alkyl halides is 3. The van der Waals surface area contributed by atoms with E-state index < -0.39 is 26.7 Å². The summed E-state index contributed by atoms with van der Waals surface area (Å²) in [4.78, 5) is 2.59. The number of anilines is 1. The number of rotatable bonds is 6. The number of benzene rings is 2. The Bertz CT molecular complexity index is 1060. The fourth-order valence-corrected chi connectivity index (χ4v) is 3.47. The van der Waals surface area contributed by atoms with Gasteiger partial charge in [-0.1, -0.05) is 18.2 Å². The van der Waals surface area contributed by atoms with Crippen LogP contribution in [0.2, 0.25) is 0 Å². The van der Waals surface area contributed by atoms with Crippen LogP contribution in [-0.2, 0) is 22.6 Å². The summed E-state index contributed by atoms with van der Waals surface area (Å²) in [5.74, 6) is 0. The van der Waals surface area contributed by atoms with Gasteiger partial charge in [0.25, 0.3) is 0 Å². The number of aryl methyl sites for hydroxylation is 1. The van der Waals surface area contributed by atoms with E-state index in [1.54, 1.807) is 0 Å². The van der Waals surface area contributed by atoms with Gasteiger partial charge >= 0.3 is 6.18 Å². The van der Waals surface area contributed by atoms with Gasteiger partial charge in [0.15, 0.2) is 0 Å². The third-order valence-electron chi connectivity index (χ3n) is 4.24. The van der Waals surface area contributed by atoms with Crippen molar-refractivity contribution >= 4 is 26.6 Å². The fourth-order valence-electron chi connectivity index (χ4n) is 2.93. The summed E-state index contributed by atoms with van der Waals surface area (Å²) in [6, 6.07) is 10.5. The van der Waals surface area contributed by atoms with Crippen LogP contribution in [0.15, 0.2) is 53.6 Å². The van der Waals surface area contributed by atoms with Crippen molar-refractivity contribution in [3.63, 3.8) is 0 Å². The normalized spacial score (nSPS) is 12.4. The number of sulfonamides is 1. The van der Waals surface area contributed by atoms with Gasteiger partial charge in [-0.05, 0) is 42.7 Å². The highest BCUT2D eigenvalue weighted by molar-refractivity contribution is 7.89. The lowest BCUT2D eigenvalue weighted by Gasteiger charge is -2.15. The lowest BCUT2D eigenvalue weighted by Crippen LogP contribution is -2.16. The Morgan fingerprint density at radius 2 is 1.85 bits per heavy atom. The van der Waals surface area contributed by atoms with Gasteiger partial charge in [-0.25, -0.2) is 13.6 Å². The topological polar surface area (TPSA) is 88.0 Å². The molecule has 0 atom stereocenters. The van der Waals surface area contributed by atoms with Crippen molar-refractivity contribution in [2.45, 2.75) is 23.9 Å². The Kier molecular flexibility index (Phi) is 5.16. The molecule has 2 aromatic carbocycles. The van der Waals surface area contributed by atoms with E-state index in [1.807, 2.05) is 30.5 Å². The SMILES string of the molecule is NS(=O)(=O)c1ccc(NCCCc2c[nH]c3ccccc23)c(C(F)(F)F)c1. The largest absolute Gasteiger partial charge is 0.418 e. The van der Waals surface area contributed by atoms with Gasteiger partial charge in [0.05, 0.1) is 10.5 Å². The number of halogens is 3. The van der Waals surface area contributed by atoms with Gasteiger partial charge in [-0.15, -0.1) is 0 Å². The number of para-hydroxylation sites is 1. The highest BCUT2D eigenvalue weighted by atomic mass is 32.2. The molecule has 0 unspecified atom stereocenters. The molecule has 0 amide bonds.